The van der Waals surface area contributed by atoms with Gasteiger partial charge in [0.25, 0.3) is 0 Å². The molecule has 1 aromatic heterocycles. The number of benzene rings is 3. The standard InChI is InChI=1S/C25H14N4O/c26-14-17-13-18(15-27)25(28-16-17)19-7-1-2-8-20(19)29-21-9-3-5-11-23(21)30-24-12-6-4-10-22(24)29/h1-13,16H. The molecule has 1 aliphatic heterocycles. The average Bonchev–Trinajstić information content (AvgIpc) is 2.82. The summed E-state index contributed by atoms with van der Waals surface area (Å²) in [6.07, 6.45) is 1.49. The Kier molecular flexibility index (Phi) is 4.13. The van der Waals surface area contributed by atoms with Gasteiger partial charge in [-0.1, -0.05) is 42.5 Å². The number of nitrogens with zero attached hydrogens (tertiary/aromatic N) is 4. The fourth-order valence-electron chi connectivity index (χ4n) is 3.66. The number of aromatic nitrogens is 1. The number of rotatable bonds is 2. The van der Waals surface area contributed by atoms with Crippen molar-refractivity contribution in [3.8, 4) is 34.9 Å². The van der Waals surface area contributed by atoms with Crippen molar-refractivity contribution < 1.29 is 4.74 Å². The number of hydrogen-bond acceptors (Lipinski definition) is 5. The molecule has 0 atom stereocenters. The largest absolute Gasteiger partial charge is 0.453 e. The van der Waals surface area contributed by atoms with Crippen LogP contribution in [0.2, 0.25) is 0 Å². The van der Waals surface area contributed by atoms with E-state index in [0.717, 1.165) is 34.1 Å². The minimum atomic E-state index is 0.356. The lowest BCUT2D eigenvalue weighted by atomic mass is 10.0. The molecule has 0 fully saturated rings. The fourth-order valence-corrected chi connectivity index (χ4v) is 3.66. The molecular formula is C25H14N4O. The third-order valence-corrected chi connectivity index (χ3v) is 4.97. The Bertz CT molecular complexity index is 1320. The molecule has 30 heavy (non-hydrogen) atoms. The quantitative estimate of drug-likeness (QED) is 0.368. The van der Waals surface area contributed by atoms with Gasteiger partial charge in [-0.2, -0.15) is 10.5 Å². The van der Waals surface area contributed by atoms with E-state index in [9.17, 15) is 10.5 Å². The smallest absolute Gasteiger partial charge is 0.151 e. The summed E-state index contributed by atoms with van der Waals surface area (Å²) in [6.45, 7) is 0. The predicted octanol–water partition coefficient (Wildman–Crippen LogP) is 6.07. The predicted molar refractivity (Wildman–Crippen MR) is 114 cm³/mol. The van der Waals surface area contributed by atoms with E-state index in [2.05, 4.69) is 16.0 Å². The van der Waals surface area contributed by atoms with Crippen molar-refractivity contribution in [3.63, 3.8) is 0 Å². The highest BCUT2D eigenvalue weighted by Gasteiger charge is 2.27. The zero-order valence-electron chi connectivity index (χ0n) is 15.8. The second-order valence-electron chi connectivity index (χ2n) is 6.73. The molecule has 5 rings (SSSR count). The Balaban J connectivity index is 1.78. The number of hydrogen-bond donors (Lipinski definition) is 0. The molecule has 2 heterocycles. The van der Waals surface area contributed by atoms with Crippen molar-refractivity contribution in [1.82, 2.24) is 4.98 Å². The van der Waals surface area contributed by atoms with E-state index in [4.69, 9.17) is 4.74 Å². The normalized spacial score (nSPS) is 11.5. The minimum Gasteiger partial charge on any atom is -0.453 e. The highest BCUT2D eigenvalue weighted by Crippen LogP contribution is 2.51. The summed E-state index contributed by atoms with van der Waals surface area (Å²) in [7, 11) is 0. The van der Waals surface area contributed by atoms with Gasteiger partial charge < -0.3 is 9.64 Å². The van der Waals surface area contributed by atoms with E-state index in [-0.39, 0.29) is 0 Å². The summed E-state index contributed by atoms with van der Waals surface area (Å²) in [6, 6.07) is 29.3. The molecule has 1 aliphatic rings. The Hall–Kier alpha value is -4.61. The molecule has 0 unspecified atom stereocenters. The summed E-state index contributed by atoms with van der Waals surface area (Å²) in [5, 5.41) is 18.9. The van der Waals surface area contributed by atoms with Gasteiger partial charge in [0.1, 0.15) is 12.1 Å². The maximum atomic E-state index is 9.68. The van der Waals surface area contributed by atoms with Gasteiger partial charge in [-0.15, -0.1) is 0 Å². The Morgan fingerprint density at radius 1 is 0.733 bits per heavy atom. The Morgan fingerprint density at radius 3 is 1.97 bits per heavy atom. The summed E-state index contributed by atoms with van der Waals surface area (Å²) < 4.78 is 6.10. The van der Waals surface area contributed by atoms with Crippen LogP contribution in [0.3, 0.4) is 0 Å². The molecule has 4 aromatic rings. The Labute approximate surface area is 173 Å². The van der Waals surface area contributed by atoms with Gasteiger partial charge in [0.15, 0.2) is 11.5 Å². The molecule has 0 N–H and O–H groups in total. The van der Waals surface area contributed by atoms with Gasteiger partial charge in [0, 0.05) is 11.8 Å². The number of ether oxygens (including phenoxy) is 1. The molecule has 0 aliphatic carbocycles. The SMILES string of the molecule is N#Cc1cnc(-c2ccccc2N2c3ccccc3Oc3ccccc32)c(C#N)c1. The van der Waals surface area contributed by atoms with Gasteiger partial charge in [-0.05, 0) is 36.4 Å². The van der Waals surface area contributed by atoms with Crippen molar-refractivity contribution in [3.05, 3.63) is 96.2 Å². The second-order valence-corrected chi connectivity index (χ2v) is 6.73. The maximum Gasteiger partial charge on any atom is 0.151 e. The molecule has 5 heteroatoms. The third-order valence-electron chi connectivity index (χ3n) is 4.97. The van der Waals surface area contributed by atoms with Crippen molar-refractivity contribution in [1.29, 1.82) is 10.5 Å². The average molecular weight is 386 g/mol. The monoisotopic (exact) mass is 386 g/mol. The number of fused-ring (bicyclic) bond motifs is 2. The van der Waals surface area contributed by atoms with Crippen LogP contribution in [0.4, 0.5) is 17.1 Å². The molecular weight excluding hydrogens is 372 g/mol. The topological polar surface area (TPSA) is 72.9 Å². The maximum absolute atomic E-state index is 9.68. The van der Waals surface area contributed by atoms with Crippen LogP contribution in [-0.2, 0) is 0 Å². The van der Waals surface area contributed by atoms with Crippen LogP contribution in [0.5, 0.6) is 11.5 Å². The van der Waals surface area contributed by atoms with Gasteiger partial charge in [0.05, 0.1) is 33.9 Å². The number of nitriles is 2. The number of para-hydroxylation sites is 5. The number of pyridine rings is 1. The van der Waals surface area contributed by atoms with Gasteiger partial charge in [-0.25, -0.2) is 0 Å². The van der Waals surface area contributed by atoms with Crippen LogP contribution in [0, 0.1) is 22.7 Å². The second kappa shape index (κ2) is 7.09. The van der Waals surface area contributed by atoms with Gasteiger partial charge in [0.2, 0.25) is 0 Å². The molecule has 0 amide bonds. The molecule has 0 saturated heterocycles. The Morgan fingerprint density at radius 2 is 1.33 bits per heavy atom. The van der Waals surface area contributed by atoms with Crippen LogP contribution in [0.15, 0.2) is 85.1 Å². The van der Waals surface area contributed by atoms with Crippen LogP contribution in [-0.4, -0.2) is 4.98 Å². The van der Waals surface area contributed by atoms with E-state index >= 15 is 0 Å². The van der Waals surface area contributed by atoms with Gasteiger partial charge in [-0.3, -0.25) is 4.98 Å². The molecule has 0 radical (unpaired) electrons. The van der Waals surface area contributed by atoms with Crippen LogP contribution in [0.25, 0.3) is 11.3 Å². The van der Waals surface area contributed by atoms with Gasteiger partial charge >= 0.3 is 0 Å². The first-order valence-electron chi connectivity index (χ1n) is 9.36. The fraction of sp³-hybridized carbons (Fsp3) is 0. The number of anilines is 3. The van der Waals surface area contributed by atoms with E-state index < -0.39 is 0 Å². The van der Waals surface area contributed by atoms with E-state index in [1.165, 1.54) is 6.20 Å². The molecule has 3 aromatic carbocycles. The summed E-state index contributed by atoms with van der Waals surface area (Å²) in [5.74, 6) is 1.50. The van der Waals surface area contributed by atoms with Crippen molar-refractivity contribution in [2.45, 2.75) is 0 Å². The molecule has 0 saturated carbocycles. The molecule has 140 valence electrons. The third kappa shape index (κ3) is 2.74. The zero-order chi connectivity index (χ0) is 20.5. The highest BCUT2D eigenvalue weighted by atomic mass is 16.5. The first-order valence-corrected chi connectivity index (χ1v) is 9.36. The van der Waals surface area contributed by atoms with E-state index in [0.29, 0.717) is 16.8 Å². The van der Waals surface area contributed by atoms with Crippen molar-refractivity contribution >= 4 is 17.1 Å². The van der Waals surface area contributed by atoms with Crippen LogP contribution < -0.4 is 9.64 Å². The zero-order valence-corrected chi connectivity index (χ0v) is 15.8. The molecule has 5 nitrogen and oxygen atoms in total. The first-order chi connectivity index (χ1) is 14.8. The first kappa shape index (κ1) is 17.5. The summed E-state index contributed by atoms with van der Waals surface area (Å²) in [5.41, 5.74) is 4.71. The molecule has 0 bridgehead atoms. The lowest BCUT2D eigenvalue weighted by Crippen LogP contribution is -2.16. The lowest BCUT2D eigenvalue weighted by Gasteiger charge is -2.33. The molecule has 0 spiro atoms. The van der Waals surface area contributed by atoms with Crippen LogP contribution >= 0.6 is 0 Å². The highest BCUT2D eigenvalue weighted by molar-refractivity contribution is 5.93. The van der Waals surface area contributed by atoms with Crippen LogP contribution in [0.1, 0.15) is 11.1 Å². The minimum absolute atomic E-state index is 0.356. The van der Waals surface area contributed by atoms with E-state index in [1.807, 2.05) is 78.9 Å². The van der Waals surface area contributed by atoms with E-state index in [1.54, 1.807) is 6.07 Å². The summed E-state index contributed by atoms with van der Waals surface area (Å²) in [4.78, 5) is 6.57. The summed E-state index contributed by atoms with van der Waals surface area (Å²) >= 11 is 0. The lowest BCUT2D eigenvalue weighted by molar-refractivity contribution is 0.477. The van der Waals surface area contributed by atoms with Crippen molar-refractivity contribution in [2.75, 3.05) is 4.90 Å². The van der Waals surface area contributed by atoms with Crippen molar-refractivity contribution in [2.24, 2.45) is 0 Å².